The van der Waals surface area contributed by atoms with E-state index < -0.39 is 0 Å². The van der Waals surface area contributed by atoms with Crippen molar-refractivity contribution in [2.24, 2.45) is 0 Å². The number of rotatable bonds is 4. The second-order valence-electron chi connectivity index (χ2n) is 4.73. The Balaban J connectivity index is 2.33. The van der Waals surface area contributed by atoms with Crippen molar-refractivity contribution < 1.29 is 5.11 Å². The number of benzene rings is 2. The molecule has 1 N–H and O–H groups in total. The highest BCUT2D eigenvalue weighted by Crippen LogP contribution is 2.32. The van der Waals surface area contributed by atoms with Gasteiger partial charge in [-0.25, -0.2) is 0 Å². The minimum atomic E-state index is -0.0767. The van der Waals surface area contributed by atoms with Gasteiger partial charge in [-0.15, -0.1) is 0 Å². The monoisotopic (exact) mass is 309 g/mol. The van der Waals surface area contributed by atoms with Crippen molar-refractivity contribution in [1.82, 2.24) is 0 Å². The third kappa shape index (κ3) is 3.09. The van der Waals surface area contributed by atoms with Crippen LogP contribution in [0, 0.1) is 0 Å². The second-order valence-corrected chi connectivity index (χ2v) is 5.58. The molecule has 0 aliphatic rings. The number of hydrogen-bond donors (Lipinski definition) is 1. The lowest BCUT2D eigenvalue weighted by Gasteiger charge is -2.29. The minimum Gasteiger partial charge on any atom is -0.392 e. The average Bonchev–Trinajstić information content (AvgIpc) is 2.46. The molecule has 0 bridgehead atoms. The molecule has 0 heterocycles. The van der Waals surface area contributed by atoms with Crippen molar-refractivity contribution in [2.45, 2.75) is 19.6 Å². The molecule has 106 valence electrons. The largest absolute Gasteiger partial charge is 0.392 e. The molecule has 2 rings (SSSR count). The Morgan fingerprint density at radius 1 is 1.10 bits per heavy atom. The van der Waals surface area contributed by atoms with Crippen LogP contribution in [0.1, 0.15) is 24.1 Å². The van der Waals surface area contributed by atoms with Crippen molar-refractivity contribution in [2.75, 3.05) is 11.9 Å². The van der Waals surface area contributed by atoms with E-state index in [0.717, 1.165) is 21.8 Å². The molecule has 0 amide bonds. The van der Waals surface area contributed by atoms with Gasteiger partial charge in [0.2, 0.25) is 0 Å². The van der Waals surface area contributed by atoms with Gasteiger partial charge in [0.15, 0.2) is 0 Å². The Kier molecular flexibility index (Phi) is 4.92. The molecule has 0 aliphatic carbocycles. The van der Waals surface area contributed by atoms with Gasteiger partial charge in [-0.3, -0.25) is 0 Å². The summed E-state index contributed by atoms with van der Waals surface area (Å²) in [5, 5.41) is 10.8. The molecule has 0 spiro atoms. The van der Waals surface area contributed by atoms with E-state index in [-0.39, 0.29) is 12.6 Å². The Hall–Kier alpha value is -1.22. The number of anilines is 1. The molecule has 0 aliphatic heterocycles. The van der Waals surface area contributed by atoms with Crippen LogP contribution in [0.15, 0.2) is 42.5 Å². The maximum absolute atomic E-state index is 9.51. The molecule has 4 heteroatoms. The SMILES string of the molecule is CC(c1ccc(Cl)cc1)N(C)c1cccc(Cl)c1CO. The number of aliphatic hydroxyl groups excluding tert-OH is 1. The van der Waals surface area contributed by atoms with E-state index in [1.54, 1.807) is 6.07 Å². The van der Waals surface area contributed by atoms with Gasteiger partial charge in [-0.2, -0.15) is 0 Å². The first kappa shape index (κ1) is 15.2. The Morgan fingerprint density at radius 3 is 2.35 bits per heavy atom. The van der Waals surface area contributed by atoms with E-state index in [1.807, 2.05) is 43.4 Å². The minimum absolute atomic E-state index is 0.0767. The van der Waals surface area contributed by atoms with E-state index in [1.165, 1.54) is 0 Å². The zero-order valence-corrected chi connectivity index (χ0v) is 13.0. The van der Waals surface area contributed by atoms with E-state index in [0.29, 0.717) is 5.02 Å². The molecule has 0 fully saturated rings. The molecule has 0 aromatic heterocycles. The van der Waals surface area contributed by atoms with Crippen LogP contribution < -0.4 is 4.90 Å². The molecule has 0 saturated heterocycles. The fourth-order valence-corrected chi connectivity index (χ4v) is 2.56. The highest BCUT2D eigenvalue weighted by Gasteiger charge is 2.16. The standard InChI is InChI=1S/C16H17Cl2NO/c1-11(12-6-8-13(17)9-7-12)19(2)16-5-3-4-15(18)14(16)10-20/h3-9,11,20H,10H2,1-2H3. The Bertz CT molecular complexity index is 584. The van der Waals surface area contributed by atoms with Crippen LogP contribution in [-0.4, -0.2) is 12.2 Å². The summed E-state index contributed by atoms with van der Waals surface area (Å²) in [7, 11) is 1.99. The van der Waals surface area contributed by atoms with E-state index in [4.69, 9.17) is 23.2 Å². The summed E-state index contributed by atoms with van der Waals surface area (Å²) >= 11 is 12.1. The van der Waals surface area contributed by atoms with Gasteiger partial charge in [-0.05, 0) is 36.8 Å². The van der Waals surface area contributed by atoms with Crippen LogP contribution >= 0.6 is 23.2 Å². The van der Waals surface area contributed by atoms with Crippen molar-refractivity contribution in [3.8, 4) is 0 Å². The summed E-state index contributed by atoms with van der Waals surface area (Å²) in [5.74, 6) is 0. The molecule has 2 aromatic rings. The predicted octanol–water partition coefficient (Wildman–Crippen LogP) is 4.68. The smallest absolute Gasteiger partial charge is 0.0716 e. The van der Waals surface area contributed by atoms with Gasteiger partial charge in [0, 0.05) is 28.3 Å². The number of halogens is 2. The summed E-state index contributed by atoms with van der Waals surface area (Å²) in [6, 6.07) is 13.6. The third-order valence-electron chi connectivity index (χ3n) is 3.57. The molecule has 0 saturated carbocycles. The molecule has 0 radical (unpaired) electrons. The van der Waals surface area contributed by atoms with Crippen LogP contribution in [0.3, 0.4) is 0 Å². The van der Waals surface area contributed by atoms with Gasteiger partial charge in [0.05, 0.1) is 12.6 Å². The first-order chi connectivity index (χ1) is 9.54. The fraction of sp³-hybridized carbons (Fsp3) is 0.250. The quantitative estimate of drug-likeness (QED) is 0.886. The van der Waals surface area contributed by atoms with Gasteiger partial charge in [-0.1, -0.05) is 41.4 Å². The van der Waals surface area contributed by atoms with Crippen LogP contribution in [0.25, 0.3) is 0 Å². The van der Waals surface area contributed by atoms with E-state index >= 15 is 0 Å². The lowest BCUT2D eigenvalue weighted by Crippen LogP contribution is -2.23. The van der Waals surface area contributed by atoms with Crippen LogP contribution in [0.2, 0.25) is 10.0 Å². The average molecular weight is 310 g/mol. The molecule has 1 unspecified atom stereocenters. The molecular weight excluding hydrogens is 293 g/mol. The molecule has 2 aromatic carbocycles. The Labute approximate surface area is 129 Å². The maximum Gasteiger partial charge on any atom is 0.0716 e. The van der Waals surface area contributed by atoms with Crippen molar-refractivity contribution in [1.29, 1.82) is 0 Å². The summed E-state index contributed by atoms with van der Waals surface area (Å²) in [5.41, 5.74) is 2.83. The third-order valence-corrected chi connectivity index (χ3v) is 4.17. The highest BCUT2D eigenvalue weighted by atomic mass is 35.5. The predicted molar refractivity (Wildman–Crippen MR) is 85.6 cm³/mol. The zero-order valence-electron chi connectivity index (χ0n) is 11.5. The number of aliphatic hydroxyl groups is 1. The summed E-state index contributed by atoms with van der Waals surface area (Å²) in [4.78, 5) is 2.10. The summed E-state index contributed by atoms with van der Waals surface area (Å²) in [6.07, 6.45) is 0. The second kappa shape index (κ2) is 6.49. The van der Waals surface area contributed by atoms with Gasteiger partial charge < -0.3 is 10.0 Å². The van der Waals surface area contributed by atoms with E-state index in [9.17, 15) is 5.11 Å². The van der Waals surface area contributed by atoms with E-state index in [2.05, 4.69) is 11.8 Å². The van der Waals surface area contributed by atoms with Gasteiger partial charge in [0.25, 0.3) is 0 Å². The molecule has 2 nitrogen and oxygen atoms in total. The molecular formula is C16H17Cl2NO. The number of hydrogen-bond acceptors (Lipinski definition) is 2. The fourth-order valence-electron chi connectivity index (χ4n) is 2.21. The normalized spacial score (nSPS) is 12.2. The van der Waals surface area contributed by atoms with Crippen molar-refractivity contribution in [3.63, 3.8) is 0 Å². The van der Waals surface area contributed by atoms with Crippen molar-refractivity contribution >= 4 is 28.9 Å². The topological polar surface area (TPSA) is 23.5 Å². The maximum atomic E-state index is 9.51. The summed E-state index contributed by atoms with van der Waals surface area (Å²) < 4.78 is 0. The molecule has 20 heavy (non-hydrogen) atoms. The summed E-state index contributed by atoms with van der Waals surface area (Å²) in [6.45, 7) is 2.03. The van der Waals surface area contributed by atoms with Crippen molar-refractivity contribution in [3.05, 3.63) is 63.6 Å². The molecule has 1 atom stereocenters. The first-order valence-electron chi connectivity index (χ1n) is 6.41. The van der Waals surface area contributed by atoms with Crippen LogP contribution in [0.4, 0.5) is 5.69 Å². The van der Waals surface area contributed by atoms with Gasteiger partial charge >= 0.3 is 0 Å². The number of nitrogens with zero attached hydrogens (tertiary/aromatic N) is 1. The van der Waals surface area contributed by atoms with Crippen LogP contribution in [-0.2, 0) is 6.61 Å². The zero-order chi connectivity index (χ0) is 14.7. The lowest BCUT2D eigenvalue weighted by molar-refractivity contribution is 0.282. The van der Waals surface area contributed by atoms with Gasteiger partial charge in [0.1, 0.15) is 0 Å². The highest BCUT2D eigenvalue weighted by molar-refractivity contribution is 6.31. The first-order valence-corrected chi connectivity index (χ1v) is 7.16. The lowest BCUT2D eigenvalue weighted by atomic mass is 10.1. The Morgan fingerprint density at radius 2 is 1.75 bits per heavy atom. The van der Waals surface area contributed by atoms with Crippen LogP contribution in [0.5, 0.6) is 0 Å².